The van der Waals surface area contributed by atoms with E-state index < -0.39 is 0 Å². The smallest absolute Gasteiger partial charge is 0.154 e. The fraction of sp³-hybridized carbons (Fsp3) is 0.318. The molecule has 6 heteroatoms. The van der Waals surface area contributed by atoms with Crippen molar-refractivity contribution in [3.63, 3.8) is 0 Å². The summed E-state index contributed by atoms with van der Waals surface area (Å²) in [6.07, 6.45) is 2.32. The fourth-order valence-electron chi connectivity index (χ4n) is 3.37. The molecule has 0 radical (unpaired) electrons. The lowest BCUT2D eigenvalue weighted by atomic mass is 10.1. The van der Waals surface area contributed by atoms with Crippen LogP contribution in [0.25, 0.3) is 0 Å². The maximum Gasteiger partial charge on any atom is 0.154 e. The van der Waals surface area contributed by atoms with Gasteiger partial charge in [-0.2, -0.15) is 10.4 Å². The van der Waals surface area contributed by atoms with Crippen molar-refractivity contribution < 1.29 is 4.39 Å². The molecular formula is C22H22FN5. The summed E-state index contributed by atoms with van der Waals surface area (Å²) < 4.78 is 15.5. The number of aryl methyl sites for hydroxylation is 2. The second kappa shape index (κ2) is 7.43. The normalized spacial score (nSPS) is 13.4. The van der Waals surface area contributed by atoms with Gasteiger partial charge in [0.2, 0.25) is 0 Å². The summed E-state index contributed by atoms with van der Waals surface area (Å²) in [6, 6.07) is 14.5. The molecule has 3 aromatic rings. The topological polar surface area (TPSA) is 57.7 Å². The van der Waals surface area contributed by atoms with Crippen molar-refractivity contribution in [2.75, 3.05) is 4.90 Å². The van der Waals surface area contributed by atoms with Gasteiger partial charge in [0, 0.05) is 25.2 Å². The molecule has 28 heavy (non-hydrogen) atoms. The van der Waals surface area contributed by atoms with Crippen molar-refractivity contribution in [2.24, 2.45) is 7.05 Å². The minimum Gasteiger partial charge on any atom is -0.359 e. The third-order valence-electron chi connectivity index (χ3n) is 5.10. The first-order valence-electron chi connectivity index (χ1n) is 9.43. The molecule has 0 amide bonds. The van der Waals surface area contributed by atoms with E-state index in [9.17, 15) is 4.39 Å². The molecule has 0 saturated heterocycles. The number of benzene rings is 2. The van der Waals surface area contributed by atoms with Crippen LogP contribution in [0.2, 0.25) is 0 Å². The molecule has 142 valence electrons. The van der Waals surface area contributed by atoms with Gasteiger partial charge in [0.05, 0.1) is 18.2 Å². The molecule has 2 aromatic carbocycles. The molecule has 1 aromatic heterocycles. The van der Waals surface area contributed by atoms with Crippen LogP contribution in [0.15, 0.2) is 42.5 Å². The summed E-state index contributed by atoms with van der Waals surface area (Å²) in [7, 11) is 1.92. The molecule has 0 spiro atoms. The lowest BCUT2D eigenvalue weighted by Gasteiger charge is -2.26. The largest absolute Gasteiger partial charge is 0.359 e. The van der Waals surface area contributed by atoms with Gasteiger partial charge in [-0.05, 0) is 61.2 Å². The van der Waals surface area contributed by atoms with Crippen molar-refractivity contribution in [1.29, 1.82) is 5.26 Å². The molecule has 0 aliphatic heterocycles. The lowest BCUT2D eigenvalue weighted by Crippen LogP contribution is -2.25. The summed E-state index contributed by atoms with van der Waals surface area (Å²) in [5, 5.41) is 13.6. The molecule has 1 aliphatic rings. The highest BCUT2D eigenvalue weighted by Gasteiger charge is 2.29. The Morgan fingerprint density at radius 1 is 1.18 bits per heavy atom. The molecular weight excluding hydrogens is 353 g/mol. The predicted molar refractivity (Wildman–Crippen MR) is 105 cm³/mol. The third-order valence-corrected chi connectivity index (χ3v) is 5.10. The zero-order chi connectivity index (χ0) is 19.7. The summed E-state index contributed by atoms with van der Waals surface area (Å²) in [5.41, 5.74) is 3.54. The molecule has 5 nitrogen and oxygen atoms in total. The van der Waals surface area contributed by atoms with E-state index >= 15 is 0 Å². The van der Waals surface area contributed by atoms with Gasteiger partial charge in [0.1, 0.15) is 11.6 Å². The molecule has 1 fully saturated rings. The molecule has 1 heterocycles. The molecule has 1 aliphatic carbocycles. The van der Waals surface area contributed by atoms with E-state index in [1.54, 1.807) is 6.07 Å². The number of nitrogens with zero attached hydrogens (tertiary/aromatic N) is 5. The van der Waals surface area contributed by atoms with Crippen LogP contribution in [0.1, 0.15) is 47.1 Å². The van der Waals surface area contributed by atoms with Gasteiger partial charge in [0.15, 0.2) is 5.82 Å². The summed E-state index contributed by atoms with van der Waals surface area (Å²) in [5.74, 6) is 2.07. The first kappa shape index (κ1) is 18.2. The predicted octanol–water partition coefficient (Wildman–Crippen LogP) is 4.22. The number of anilines is 1. The van der Waals surface area contributed by atoms with Gasteiger partial charge in [-0.25, -0.2) is 9.37 Å². The van der Waals surface area contributed by atoms with E-state index in [2.05, 4.69) is 16.1 Å². The zero-order valence-corrected chi connectivity index (χ0v) is 16.1. The van der Waals surface area contributed by atoms with Crippen molar-refractivity contribution in [3.05, 3.63) is 76.6 Å². The number of hydrogen-bond acceptors (Lipinski definition) is 4. The van der Waals surface area contributed by atoms with Crippen LogP contribution in [0, 0.1) is 24.1 Å². The average molecular weight is 375 g/mol. The number of hydrogen-bond donors (Lipinski definition) is 0. The van der Waals surface area contributed by atoms with E-state index in [1.807, 2.05) is 49.0 Å². The van der Waals surface area contributed by atoms with Crippen LogP contribution in [0.4, 0.5) is 10.1 Å². The number of nitriles is 1. The average Bonchev–Trinajstić information content (AvgIpc) is 3.46. The molecule has 0 atom stereocenters. The van der Waals surface area contributed by atoms with Crippen molar-refractivity contribution in [3.8, 4) is 6.07 Å². The van der Waals surface area contributed by atoms with E-state index in [0.717, 1.165) is 41.3 Å². The number of aromatic nitrogens is 3. The van der Waals surface area contributed by atoms with Crippen LogP contribution in [0.5, 0.6) is 0 Å². The number of rotatable bonds is 6. The second-order valence-corrected chi connectivity index (χ2v) is 7.38. The van der Waals surface area contributed by atoms with E-state index in [-0.39, 0.29) is 5.82 Å². The van der Waals surface area contributed by atoms with Crippen molar-refractivity contribution >= 4 is 5.69 Å². The van der Waals surface area contributed by atoms with Crippen LogP contribution in [-0.2, 0) is 20.1 Å². The third kappa shape index (κ3) is 3.89. The Morgan fingerprint density at radius 2 is 1.93 bits per heavy atom. The highest BCUT2D eigenvalue weighted by atomic mass is 19.1. The summed E-state index contributed by atoms with van der Waals surface area (Å²) >= 11 is 0. The highest BCUT2D eigenvalue weighted by Crippen LogP contribution is 2.38. The van der Waals surface area contributed by atoms with Gasteiger partial charge in [-0.3, -0.25) is 4.68 Å². The Kier molecular flexibility index (Phi) is 4.82. The second-order valence-electron chi connectivity index (χ2n) is 7.38. The SMILES string of the molecule is Cc1cc(F)ccc1N(Cc1ccc(C#N)cc1)Cc1nc(C2CC2)nn1C. The maximum atomic E-state index is 13.6. The lowest BCUT2D eigenvalue weighted by molar-refractivity contribution is 0.624. The Hall–Kier alpha value is -3.20. The molecule has 0 unspecified atom stereocenters. The minimum atomic E-state index is -0.241. The molecule has 4 rings (SSSR count). The van der Waals surface area contributed by atoms with Gasteiger partial charge in [0.25, 0.3) is 0 Å². The summed E-state index contributed by atoms with van der Waals surface area (Å²) in [4.78, 5) is 6.92. The van der Waals surface area contributed by atoms with E-state index in [4.69, 9.17) is 10.2 Å². The van der Waals surface area contributed by atoms with Gasteiger partial charge in [-0.1, -0.05) is 12.1 Å². The molecule has 1 saturated carbocycles. The number of halogens is 1. The monoisotopic (exact) mass is 375 g/mol. The first-order valence-corrected chi connectivity index (χ1v) is 9.43. The molecule has 0 N–H and O–H groups in total. The van der Waals surface area contributed by atoms with Crippen LogP contribution in [0.3, 0.4) is 0 Å². The van der Waals surface area contributed by atoms with Crippen molar-refractivity contribution in [2.45, 2.75) is 38.8 Å². The fourth-order valence-corrected chi connectivity index (χ4v) is 3.37. The Labute approximate surface area is 164 Å². The highest BCUT2D eigenvalue weighted by molar-refractivity contribution is 5.53. The Balaban J connectivity index is 1.65. The Morgan fingerprint density at radius 3 is 2.57 bits per heavy atom. The standard InChI is InChI=1S/C22H22FN5/c1-15-11-19(23)9-10-20(15)28(13-17-5-3-16(12-24)4-6-17)14-21-25-22(18-7-8-18)26-27(21)2/h3-6,9-11,18H,7-8,13-14H2,1-2H3. The van der Waals surface area contributed by atoms with Crippen LogP contribution >= 0.6 is 0 Å². The zero-order valence-electron chi connectivity index (χ0n) is 16.1. The van der Waals surface area contributed by atoms with E-state index in [0.29, 0.717) is 24.6 Å². The summed E-state index contributed by atoms with van der Waals surface area (Å²) in [6.45, 7) is 3.11. The van der Waals surface area contributed by atoms with Gasteiger partial charge >= 0.3 is 0 Å². The van der Waals surface area contributed by atoms with Gasteiger partial charge in [-0.15, -0.1) is 0 Å². The van der Waals surface area contributed by atoms with Crippen LogP contribution < -0.4 is 4.90 Å². The van der Waals surface area contributed by atoms with Gasteiger partial charge < -0.3 is 4.90 Å². The van der Waals surface area contributed by atoms with Crippen molar-refractivity contribution in [1.82, 2.24) is 14.8 Å². The quantitative estimate of drug-likeness (QED) is 0.647. The van der Waals surface area contributed by atoms with E-state index in [1.165, 1.54) is 6.07 Å². The molecule has 0 bridgehead atoms. The maximum absolute atomic E-state index is 13.6. The Bertz CT molecular complexity index is 1030. The minimum absolute atomic E-state index is 0.241. The first-order chi connectivity index (χ1) is 13.5. The van der Waals surface area contributed by atoms with Crippen LogP contribution in [-0.4, -0.2) is 14.8 Å².